The number of carbonyl (C=O) groups excluding carboxylic acids is 1. The highest BCUT2D eigenvalue weighted by Gasteiger charge is 2.32. The van der Waals surface area contributed by atoms with Crippen LogP contribution in [0.4, 0.5) is 13.2 Å². The molecule has 0 spiro atoms. The third kappa shape index (κ3) is 7.43. The van der Waals surface area contributed by atoms with E-state index in [1.165, 1.54) is 19.1 Å². The van der Waals surface area contributed by atoms with E-state index < -0.39 is 6.36 Å². The highest BCUT2D eigenvalue weighted by molar-refractivity contribution is 14.0. The van der Waals surface area contributed by atoms with Crippen molar-refractivity contribution in [1.82, 2.24) is 15.1 Å². The van der Waals surface area contributed by atoms with Crippen molar-refractivity contribution in [2.24, 2.45) is 4.99 Å². The minimum atomic E-state index is -4.74. The van der Waals surface area contributed by atoms with Crippen LogP contribution in [0.3, 0.4) is 0 Å². The Labute approximate surface area is 173 Å². The first-order valence-corrected chi connectivity index (χ1v) is 8.42. The Morgan fingerprint density at radius 2 is 1.78 bits per heavy atom. The molecule has 0 saturated carbocycles. The predicted molar refractivity (Wildman–Crippen MR) is 107 cm³/mol. The summed E-state index contributed by atoms with van der Waals surface area (Å²) in [7, 11) is 0. The van der Waals surface area contributed by atoms with Gasteiger partial charge in [0.05, 0.1) is 6.54 Å². The summed E-state index contributed by atoms with van der Waals surface area (Å²) in [4.78, 5) is 19.6. The molecule has 2 rings (SSSR count). The fourth-order valence-electron chi connectivity index (χ4n) is 2.68. The van der Waals surface area contributed by atoms with E-state index in [1.54, 1.807) is 17.0 Å². The zero-order valence-corrected chi connectivity index (χ0v) is 17.6. The molecule has 0 atom stereocenters. The predicted octanol–water partition coefficient (Wildman–Crippen LogP) is 2.83. The zero-order chi connectivity index (χ0) is 19.2. The standard InChI is InChI=1S/C17H23F3N4O2.HI/c1-3-21-16(24-10-8-23(9-11-24)13(2)25)22-12-14-6-4-5-7-15(14)26-17(18,19)20;/h4-7H,3,8-12H2,1-2H3,(H,21,22);1H. The van der Waals surface area contributed by atoms with E-state index in [-0.39, 0.29) is 42.2 Å². The number of carbonyl (C=O) groups is 1. The van der Waals surface area contributed by atoms with Crippen LogP contribution < -0.4 is 10.1 Å². The van der Waals surface area contributed by atoms with Crippen molar-refractivity contribution in [3.05, 3.63) is 29.8 Å². The second-order valence-electron chi connectivity index (χ2n) is 5.82. The van der Waals surface area contributed by atoms with Crippen molar-refractivity contribution < 1.29 is 22.7 Å². The molecule has 1 fully saturated rings. The van der Waals surface area contributed by atoms with Crippen LogP contribution in [0, 0.1) is 0 Å². The van der Waals surface area contributed by atoms with E-state index in [2.05, 4.69) is 15.0 Å². The molecule has 1 aromatic carbocycles. The van der Waals surface area contributed by atoms with Gasteiger partial charge in [-0.1, -0.05) is 18.2 Å². The molecule has 1 aliphatic rings. The molecule has 1 saturated heterocycles. The van der Waals surface area contributed by atoms with Gasteiger partial charge in [-0.25, -0.2) is 4.99 Å². The van der Waals surface area contributed by atoms with Gasteiger partial charge in [0.2, 0.25) is 5.91 Å². The first kappa shape index (κ1) is 23.3. The number of piperazine rings is 1. The molecule has 0 bridgehead atoms. The van der Waals surface area contributed by atoms with Crippen molar-refractivity contribution in [2.45, 2.75) is 26.8 Å². The highest BCUT2D eigenvalue weighted by Crippen LogP contribution is 2.26. The summed E-state index contributed by atoms with van der Waals surface area (Å²) in [6.45, 7) is 6.56. The number of guanidine groups is 1. The number of halogens is 4. The third-order valence-corrected chi connectivity index (χ3v) is 3.96. The molecular weight excluding hydrogens is 476 g/mol. The van der Waals surface area contributed by atoms with Gasteiger partial charge in [-0.05, 0) is 13.0 Å². The Balaban J connectivity index is 0.00000364. The minimum Gasteiger partial charge on any atom is -0.405 e. The molecule has 152 valence electrons. The van der Waals surface area contributed by atoms with Crippen molar-refractivity contribution in [2.75, 3.05) is 32.7 Å². The van der Waals surface area contributed by atoms with Crippen LogP contribution in [0.15, 0.2) is 29.3 Å². The zero-order valence-electron chi connectivity index (χ0n) is 15.3. The number of aliphatic imine (C=N–C) groups is 1. The average Bonchev–Trinajstić information content (AvgIpc) is 2.58. The number of rotatable bonds is 4. The Kier molecular flexibility index (Phi) is 9.13. The van der Waals surface area contributed by atoms with Crippen LogP contribution in [0.5, 0.6) is 5.75 Å². The van der Waals surface area contributed by atoms with Crippen molar-refractivity contribution in [1.29, 1.82) is 0 Å². The fraction of sp³-hybridized carbons (Fsp3) is 0.529. The second-order valence-corrected chi connectivity index (χ2v) is 5.82. The molecule has 0 unspecified atom stereocenters. The molecule has 1 N–H and O–H groups in total. The average molecular weight is 500 g/mol. The molecule has 1 heterocycles. The summed E-state index contributed by atoms with van der Waals surface area (Å²) in [5.74, 6) is 0.392. The number of para-hydroxylation sites is 1. The van der Waals surface area contributed by atoms with Crippen LogP contribution in [0.25, 0.3) is 0 Å². The number of nitrogens with zero attached hydrogens (tertiary/aromatic N) is 3. The summed E-state index contributed by atoms with van der Waals surface area (Å²) in [5.41, 5.74) is 0.350. The lowest BCUT2D eigenvalue weighted by Crippen LogP contribution is -2.53. The molecule has 1 amide bonds. The number of nitrogens with one attached hydrogen (secondary N) is 1. The molecular formula is C17H24F3IN4O2. The van der Waals surface area contributed by atoms with Gasteiger partial charge >= 0.3 is 6.36 Å². The Bertz CT molecular complexity index is 647. The molecule has 1 aromatic rings. The lowest BCUT2D eigenvalue weighted by Gasteiger charge is -2.36. The number of hydrogen-bond donors (Lipinski definition) is 1. The lowest BCUT2D eigenvalue weighted by molar-refractivity contribution is -0.274. The van der Waals surface area contributed by atoms with Crippen LogP contribution in [0.2, 0.25) is 0 Å². The minimum absolute atomic E-state index is 0. The summed E-state index contributed by atoms with van der Waals surface area (Å²) >= 11 is 0. The van der Waals surface area contributed by atoms with E-state index in [0.717, 1.165) is 0 Å². The maximum Gasteiger partial charge on any atom is 0.573 e. The Hall–Kier alpha value is -1.72. The smallest absolute Gasteiger partial charge is 0.405 e. The molecule has 0 aliphatic carbocycles. The first-order chi connectivity index (χ1) is 12.3. The normalized spacial score (nSPS) is 15.2. The highest BCUT2D eigenvalue weighted by atomic mass is 127. The number of alkyl halides is 3. The SMILES string of the molecule is CCNC(=NCc1ccccc1OC(F)(F)F)N1CCN(C(C)=O)CC1.I. The van der Waals surface area contributed by atoms with Gasteiger partial charge in [0, 0.05) is 45.2 Å². The van der Waals surface area contributed by atoms with E-state index in [0.29, 0.717) is 44.2 Å². The first-order valence-electron chi connectivity index (χ1n) is 8.42. The van der Waals surface area contributed by atoms with Crippen molar-refractivity contribution in [3.63, 3.8) is 0 Å². The van der Waals surface area contributed by atoms with Gasteiger partial charge < -0.3 is 19.9 Å². The van der Waals surface area contributed by atoms with Gasteiger partial charge in [-0.3, -0.25) is 4.79 Å². The van der Waals surface area contributed by atoms with E-state index in [1.807, 2.05) is 11.8 Å². The van der Waals surface area contributed by atoms with Gasteiger partial charge in [0.1, 0.15) is 5.75 Å². The number of ether oxygens (including phenoxy) is 1. The molecule has 10 heteroatoms. The van der Waals surface area contributed by atoms with Crippen LogP contribution >= 0.6 is 24.0 Å². The van der Waals surface area contributed by atoms with Crippen LogP contribution in [0.1, 0.15) is 19.4 Å². The Morgan fingerprint density at radius 1 is 1.19 bits per heavy atom. The van der Waals surface area contributed by atoms with E-state index >= 15 is 0 Å². The van der Waals surface area contributed by atoms with Gasteiger partial charge in [0.15, 0.2) is 5.96 Å². The maximum absolute atomic E-state index is 12.5. The second kappa shape index (κ2) is 10.6. The summed E-state index contributed by atoms with van der Waals surface area (Å²) < 4.78 is 41.6. The van der Waals surface area contributed by atoms with Gasteiger partial charge in [0.25, 0.3) is 0 Å². The van der Waals surface area contributed by atoms with E-state index in [4.69, 9.17) is 0 Å². The summed E-state index contributed by atoms with van der Waals surface area (Å²) in [6.07, 6.45) is -4.74. The molecule has 0 aromatic heterocycles. The number of amides is 1. The van der Waals surface area contributed by atoms with Gasteiger partial charge in [-0.2, -0.15) is 0 Å². The largest absolute Gasteiger partial charge is 0.573 e. The van der Waals surface area contributed by atoms with Crippen LogP contribution in [-0.2, 0) is 11.3 Å². The fourth-order valence-corrected chi connectivity index (χ4v) is 2.68. The third-order valence-electron chi connectivity index (χ3n) is 3.96. The quantitative estimate of drug-likeness (QED) is 0.393. The van der Waals surface area contributed by atoms with Crippen molar-refractivity contribution in [3.8, 4) is 5.75 Å². The van der Waals surface area contributed by atoms with Gasteiger partial charge in [-0.15, -0.1) is 37.1 Å². The topological polar surface area (TPSA) is 57.2 Å². The maximum atomic E-state index is 12.5. The lowest BCUT2D eigenvalue weighted by atomic mass is 10.2. The number of hydrogen-bond acceptors (Lipinski definition) is 3. The summed E-state index contributed by atoms with van der Waals surface area (Å²) in [6, 6.07) is 5.96. The number of benzene rings is 1. The molecule has 1 aliphatic heterocycles. The Morgan fingerprint density at radius 3 is 2.33 bits per heavy atom. The van der Waals surface area contributed by atoms with E-state index in [9.17, 15) is 18.0 Å². The molecule has 6 nitrogen and oxygen atoms in total. The van der Waals surface area contributed by atoms with Crippen LogP contribution in [-0.4, -0.2) is 60.8 Å². The molecule has 27 heavy (non-hydrogen) atoms. The van der Waals surface area contributed by atoms with Crippen molar-refractivity contribution >= 4 is 35.8 Å². The summed E-state index contributed by atoms with van der Waals surface area (Å²) in [5, 5.41) is 3.14. The molecule has 0 radical (unpaired) electrons. The monoisotopic (exact) mass is 500 g/mol.